The second kappa shape index (κ2) is 13.5. The maximum atomic E-state index is 5.42. The lowest BCUT2D eigenvalue weighted by atomic mass is 10.1. The molecule has 3 rings (SSSR count). The van der Waals surface area contributed by atoms with E-state index in [1.807, 2.05) is 6.20 Å². The van der Waals surface area contributed by atoms with Crippen LogP contribution < -0.4 is 20.3 Å². The van der Waals surface area contributed by atoms with Gasteiger partial charge in [-0.2, -0.15) is 0 Å². The van der Waals surface area contributed by atoms with Crippen LogP contribution in [0.5, 0.6) is 5.75 Å². The molecule has 0 radical (unpaired) electrons. The molecule has 1 aliphatic rings. The van der Waals surface area contributed by atoms with Crippen LogP contribution in [0.15, 0.2) is 41.5 Å². The molecule has 1 saturated heterocycles. The Kier molecular flexibility index (Phi) is 11.0. The first kappa shape index (κ1) is 26.2. The smallest absolute Gasteiger partial charge is 0.191 e. The lowest BCUT2D eigenvalue weighted by molar-refractivity contribution is 0.270. The van der Waals surface area contributed by atoms with Crippen molar-refractivity contribution < 1.29 is 4.74 Å². The number of rotatable bonds is 8. The number of aliphatic imine (C=N–C) groups is 1. The summed E-state index contributed by atoms with van der Waals surface area (Å²) in [7, 11) is 3.52. The van der Waals surface area contributed by atoms with Gasteiger partial charge in [0.05, 0.1) is 7.11 Å². The highest BCUT2D eigenvalue weighted by Crippen LogP contribution is 2.19. The van der Waals surface area contributed by atoms with Crippen LogP contribution in [-0.4, -0.2) is 69.3 Å². The second-order valence-corrected chi connectivity index (χ2v) is 7.85. The molecule has 0 amide bonds. The van der Waals surface area contributed by atoms with Gasteiger partial charge < -0.3 is 25.2 Å². The van der Waals surface area contributed by atoms with Crippen LogP contribution in [0.4, 0.5) is 5.82 Å². The van der Waals surface area contributed by atoms with Crippen molar-refractivity contribution in [3.63, 3.8) is 0 Å². The number of halogens is 1. The lowest BCUT2D eigenvalue weighted by Crippen LogP contribution is -2.46. The van der Waals surface area contributed by atoms with E-state index >= 15 is 0 Å². The Morgan fingerprint density at radius 1 is 1.09 bits per heavy atom. The number of aromatic nitrogens is 1. The van der Waals surface area contributed by atoms with E-state index in [1.54, 1.807) is 14.2 Å². The van der Waals surface area contributed by atoms with Crippen molar-refractivity contribution in [1.29, 1.82) is 0 Å². The van der Waals surface area contributed by atoms with Crippen molar-refractivity contribution in [3.05, 3.63) is 53.2 Å². The zero-order valence-electron chi connectivity index (χ0n) is 19.7. The summed E-state index contributed by atoms with van der Waals surface area (Å²) in [5.41, 5.74) is 3.60. The van der Waals surface area contributed by atoms with E-state index < -0.39 is 0 Å². The molecule has 7 nitrogen and oxygen atoms in total. The first-order valence-corrected chi connectivity index (χ1v) is 11.1. The molecule has 1 fully saturated rings. The molecule has 2 aromatic rings. The average molecular weight is 553 g/mol. The Balaban J connectivity index is 0.00000363. The molecule has 0 spiro atoms. The quantitative estimate of drug-likeness (QED) is 0.298. The monoisotopic (exact) mass is 552 g/mol. The summed E-state index contributed by atoms with van der Waals surface area (Å²) >= 11 is 0. The summed E-state index contributed by atoms with van der Waals surface area (Å²) in [6, 6.07) is 10.6. The Morgan fingerprint density at radius 2 is 1.88 bits per heavy atom. The minimum atomic E-state index is 0. The molecule has 2 heterocycles. The van der Waals surface area contributed by atoms with Crippen molar-refractivity contribution >= 4 is 35.8 Å². The number of guanidine groups is 1. The molecule has 0 bridgehead atoms. The first-order chi connectivity index (χ1) is 15.1. The third-order valence-electron chi connectivity index (χ3n) is 5.82. The lowest BCUT2D eigenvalue weighted by Gasteiger charge is -2.34. The summed E-state index contributed by atoms with van der Waals surface area (Å²) in [5, 5.41) is 6.81. The molecule has 0 atom stereocenters. The highest BCUT2D eigenvalue weighted by molar-refractivity contribution is 14.0. The molecule has 0 saturated carbocycles. The Morgan fingerprint density at radius 3 is 2.56 bits per heavy atom. The summed E-state index contributed by atoms with van der Waals surface area (Å²) in [5.74, 6) is 2.80. The van der Waals surface area contributed by atoms with Gasteiger partial charge in [0.1, 0.15) is 11.6 Å². The minimum absolute atomic E-state index is 0. The fourth-order valence-corrected chi connectivity index (χ4v) is 3.79. The van der Waals surface area contributed by atoms with Gasteiger partial charge in [-0.05, 0) is 54.8 Å². The van der Waals surface area contributed by atoms with Gasteiger partial charge in [-0.3, -0.25) is 4.99 Å². The molecule has 0 unspecified atom stereocenters. The number of hydrogen-bond acceptors (Lipinski definition) is 5. The zero-order valence-corrected chi connectivity index (χ0v) is 22.1. The van der Waals surface area contributed by atoms with Crippen molar-refractivity contribution in [2.45, 2.75) is 26.8 Å². The molecule has 8 heteroatoms. The predicted octanol–water partition coefficient (Wildman–Crippen LogP) is 3.07. The van der Waals surface area contributed by atoms with Crippen LogP contribution in [0, 0.1) is 6.92 Å². The normalized spacial score (nSPS) is 14.6. The summed E-state index contributed by atoms with van der Waals surface area (Å²) in [6.45, 7) is 11.2. The number of methoxy groups -OCH3 is 1. The molecule has 32 heavy (non-hydrogen) atoms. The van der Waals surface area contributed by atoms with Gasteiger partial charge in [0.15, 0.2) is 5.96 Å². The molecular formula is C24H37IN6O. The van der Waals surface area contributed by atoms with E-state index in [4.69, 9.17) is 4.74 Å². The summed E-state index contributed by atoms with van der Waals surface area (Å²) in [6.07, 6.45) is 2.81. The Bertz CT molecular complexity index is 867. The molecule has 1 aromatic heterocycles. The number of aryl methyl sites for hydroxylation is 1. The Labute approximate surface area is 209 Å². The van der Waals surface area contributed by atoms with Crippen molar-refractivity contribution in [2.24, 2.45) is 4.99 Å². The standard InChI is InChI=1S/C24H36N6O.HI/c1-5-29-12-14-30(15-13-29)23-17-21(9-10-26-23)18-28-24(25-3)27-11-8-20-7-6-19(2)22(16-20)31-4;/h6-7,9-10,16-17H,5,8,11-15,18H2,1-4H3,(H2,25,27,28);1H. The van der Waals surface area contributed by atoms with Crippen LogP contribution in [0.3, 0.4) is 0 Å². The summed E-state index contributed by atoms with van der Waals surface area (Å²) in [4.78, 5) is 13.8. The largest absolute Gasteiger partial charge is 0.496 e. The predicted molar refractivity (Wildman–Crippen MR) is 144 cm³/mol. The Hall–Kier alpha value is -2.07. The van der Waals surface area contributed by atoms with Gasteiger partial charge in [-0.1, -0.05) is 19.1 Å². The van der Waals surface area contributed by atoms with Gasteiger partial charge in [0.2, 0.25) is 0 Å². The molecule has 1 aromatic carbocycles. The van der Waals surface area contributed by atoms with Gasteiger partial charge in [0.25, 0.3) is 0 Å². The molecular weight excluding hydrogens is 515 g/mol. The minimum Gasteiger partial charge on any atom is -0.496 e. The first-order valence-electron chi connectivity index (χ1n) is 11.1. The summed E-state index contributed by atoms with van der Waals surface area (Å²) < 4.78 is 5.42. The highest BCUT2D eigenvalue weighted by Gasteiger charge is 2.16. The van der Waals surface area contributed by atoms with Crippen LogP contribution in [-0.2, 0) is 13.0 Å². The number of hydrogen-bond donors (Lipinski definition) is 2. The average Bonchev–Trinajstić information content (AvgIpc) is 2.82. The van der Waals surface area contributed by atoms with Crippen LogP contribution in [0.1, 0.15) is 23.6 Å². The van der Waals surface area contributed by atoms with E-state index in [0.29, 0.717) is 6.54 Å². The number of piperazine rings is 1. The van der Waals surface area contributed by atoms with Gasteiger partial charge in [-0.15, -0.1) is 24.0 Å². The van der Waals surface area contributed by atoms with Gasteiger partial charge in [0, 0.05) is 52.5 Å². The molecule has 1 aliphatic heterocycles. The van der Waals surface area contributed by atoms with E-state index in [0.717, 1.165) is 68.8 Å². The maximum absolute atomic E-state index is 5.42. The van der Waals surface area contributed by atoms with Crippen LogP contribution >= 0.6 is 24.0 Å². The number of likely N-dealkylation sites (N-methyl/N-ethyl adjacent to an activating group) is 1. The van der Waals surface area contributed by atoms with E-state index in [-0.39, 0.29) is 24.0 Å². The topological polar surface area (TPSA) is 65.0 Å². The van der Waals surface area contributed by atoms with Gasteiger partial charge in [-0.25, -0.2) is 4.98 Å². The van der Waals surface area contributed by atoms with Crippen LogP contribution in [0.25, 0.3) is 0 Å². The number of pyridine rings is 1. The third kappa shape index (κ3) is 7.51. The zero-order chi connectivity index (χ0) is 22.1. The van der Waals surface area contributed by atoms with E-state index in [2.05, 4.69) is 74.6 Å². The van der Waals surface area contributed by atoms with E-state index in [1.165, 1.54) is 11.1 Å². The highest BCUT2D eigenvalue weighted by atomic mass is 127. The number of anilines is 1. The third-order valence-corrected chi connectivity index (χ3v) is 5.82. The van der Waals surface area contributed by atoms with Gasteiger partial charge >= 0.3 is 0 Å². The number of nitrogens with zero attached hydrogens (tertiary/aromatic N) is 4. The number of ether oxygens (including phenoxy) is 1. The maximum Gasteiger partial charge on any atom is 0.191 e. The van der Waals surface area contributed by atoms with Crippen molar-refractivity contribution in [3.8, 4) is 5.75 Å². The molecule has 2 N–H and O–H groups in total. The van der Waals surface area contributed by atoms with E-state index in [9.17, 15) is 0 Å². The van der Waals surface area contributed by atoms with Crippen molar-refractivity contribution in [1.82, 2.24) is 20.5 Å². The van der Waals surface area contributed by atoms with Crippen LogP contribution in [0.2, 0.25) is 0 Å². The number of nitrogens with one attached hydrogen (secondary N) is 2. The fraction of sp³-hybridized carbons (Fsp3) is 0.500. The molecule has 176 valence electrons. The second-order valence-electron chi connectivity index (χ2n) is 7.85. The van der Waals surface area contributed by atoms with Crippen molar-refractivity contribution in [2.75, 3.05) is 58.3 Å². The number of benzene rings is 1. The molecule has 0 aliphatic carbocycles. The SMILES string of the molecule is CCN1CCN(c2cc(CNC(=NC)NCCc3ccc(C)c(OC)c3)ccn2)CC1.I. The fourth-order valence-electron chi connectivity index (χ4n) is 3.79.